The Morgan fingerprint density at radius 1 is 1.23 bits per heavy atom. The van der Waals surface area contributed by atoms with Gasteiger partial charge in [-0.2, -0.15) is 17.9 Å². The Bertz CT molecular complexity index is 471. The third-order valence-electron chi connectivity index (χ3n) is 2.57. The normalized spacial score (nSPS) is 11.7. The molecule has 0 aliphatic carbocycles. The summed E-state index contributed by atoms with van der Waals surface area (Å²) in [4.78, 5) is 0.809. The van der Waals surface area contributed by atoms with Crippen LogP contribution in [-0.4, -0.2) is 45.5 Å². The third-order valence-corrected chi connectivity index (χ3v) is 3.57. The third kappa shape index (κ3) is 6.71. The molecule has 0 saturated carbocycles. The van der Waals surface area contributed by atoms with Crippen LogP contribution in [0.4, 0.5) is 13.2 Å². The van der Waals surface area contributed by atoms with Crippen LogP contribution in [0.5, 0.6) is 5.75 Å². The number of pyridine rings is 1. The van der Waals surface area contributed by atoms with E-state index >= 15 is 0 Å². The van der Waals surface area contributed by atoms with Gasteiger partial charge >= 0.3 is 6.18 Å². The van der Waals surface area contributed by atoms with Gasteiger partial charge in [0.05, 0.1) is 31.8 Å². The van der Waals surface area contributed by atoms with Crippen molar-refractivity contribution in [3.05, 3.63) is 23.2 Å². The molecule has 0 N–H and O–H groups in total. The molecule has 22 heavy (non-hydrogen) atoms. The Morgan fingerprint density at radius 2 is 1.91 bits per heavy atom. The van der Waals surface area contributed by atoms with E-state index in [1.807, 2.05) is 0 Å². The van der Waals surface area contributed by atoms with Gasteiger partial charge in [-0.1, -0.05) is 0 Å². The highest BCUT2D eigenvalue weighted by atomic mass is 32.2. The lowest BCUT2D eigenvalue weighted by Gasteiger charge is -2.11. The van der Waals surface area contributed by atoms with Crippen LogP contribution in [0.1, 0.15) is 5.69 Å². The highest BCUT2D eigenvalue weighted by Crippen LogP contribution is 2.29. The van der Waals surface area contributed by atoms with Crippen molar-refractivity contribution in [2.24, 2.45) is 0 Å². The van der Waals surface area contributed by atoms with Crippen LogP contribution >= 0.6 is 11.8 Å². The first-order chi connectivity index (χ1) is 10.3. The maximum Gasteiger partial charge on any atom is 0.411 e. The second kappa shape index (κ2) is 9.06. The van der Waals surface area contributed by atoms with Crippen LogP contribution in [0.15, 0.2) is 17.2 Å². The fraction of sp³-hybridized carbons (Fsp3) is 0.615. The molecule has 0 unspecified atom stereocenters. The summed E-state index contributed by atoms with van der Waals surface area (Å²) in [7, 11) is 1.49. The lowest BCUT2D eigenvalue weighted by Crippen LogP contribution is -2.29. The number of halogens is 3. The van der Waals surface area contributed by atoms with E-state index in [2.05, 4.69) is 4.74 Å². The largest absolute Gasteiger partial charge is 0.618 e. The zero-order valence-corrected chi connectivity index (χ0v) is 13.1. The maximum atomic E-state index is 11.8. The van der Waals surface area contributed by atoms with Gasteiger partial charge in [-0.3, -0.25) is 0 Å². The van der Waals surface area contributed by atoms with E-state index in [4.69, 9.17) is 9.47 Å². The smallest absolute Gasteiger partial charge is 0.411 e. The SMILES string of the molecule is COc1c(SCCOCCOCC(F)(F)F)cc[n+]([O-])c1C. The lowest BCUT2D eigenvalue weighted by molar-refractivity contribution is -0.613. The van der Waals surface area contributed by atoms with Crippen LogP contribution in [0.25, 0.3) is 0 Å². The van der Waals surface area contributed by atoms with Crippen molar-refractivity contribution >= 4 is 11.8 Å². The average Bonchev–Trinajstić information content (AvgIpc) is 2.44. The van der Waals surface area contributed by atoms with E-state index in [9.17, 15) is 18.4 Å². The molecule has 0 fully saturated rings. The van der Waals surface area contributed by atoms with Crippen molar-refractivity contribution in [1.82, 2.24) is 0 Å². The number of methoxy groups -OCH3 is 1. The molecule has 0 saturated heterocycles. The Hall–Kier alpha value is -1.19. The van der Waals surface area contributed by atoms with Gasteiger partial charge in [-0.25, -0.2) is 0 Å². The van der Waals surface area contributed by atoms with Crippen molar-refractivity contribution in [2.45, 2.75) is 18.0 Å². The van der Waals surface area contributed by atoms with E-state index in [1.54, 1.807) is 13.0 Å². The molecule has 0 aliphatic heterocycles. The summed E-state index contributed by atoms with van der Waals surface area (Å²) in [5.74, 6) is 1.09. The van der Waals surface area contributed by atoms with Gasteiger partial charge in [0.15, 0.2) is 6.20 Å². The molecular weight excluding hydrogens is 323 g/mol. The predicted octanol–water partition coefficient (Wildman–Crippen LogP) is 2.32. The molecule has 5 nitrogen and oxygen atoms in total. The first kappa shape index (κ1) is 18.9. The molecule has 0 bridgehead atoms. The highest BCUT2D eigenvalue weighted by Gasteiger charge is 2.27. The number of hydrogen-bond acceptors (Lipinski definition) is 5. The Labute approximate surface area is 130 Å². The number of alkyl halides is 3. The molecule has 126 valence electrons. The summed E-state index contributed by atoms with van der Waals surface area (Å²) < 4.78 is 50.9. The van der Waals surface area contributed by atoms with Crippen molar-refractivity contribution < 1.29 is 32.1 Å². The first-order valence-electron chi connectivity index (χ1n) is 6.47. The fourth-order valence-corrected chi connectivity index (χ4v) is 2.52. The molecule has 1 heterocycles. The van der Waals surface area contributed by atoms with Crippen LogP contribution in [-0.2, 0) is 9.47 Å². The summed E-state index contributed by atoms with van der Waals surface area (Å²) in [6, 6.07) is 1.65. The molecule has 0 spiro atoms. The van der Waals surface area contributed by atoms with Crippen LogP contribution < -0.4 is 9.47 Å². The summed E-state index contributed by atoms with van der Waals surface area (Å²) in [6.07, 6.45) is -2.91. The van der Waals surface area contributed by atoms with Gasteiger partial charge in [0.2, 0.25) is 11.4 Å². The zero-order valence-electron chi connectivity index (χ0n) is 12.3. The molecule has 0 aliphatic rings. The molecule has 0 aromatic carbocycles. The Kier molecular flexibility index (Phi) is 7.77. The van der Waals surface area contributed by atoms with E-state index in [0.29, 0.717) is 23.8 Å². The Morgan fingerprint density at radius 3 is 2.55 bits per heavy atom. The van der Waals surface area contributed by atoms with Crippen LogP contribution in [0.3, 0.4) is 0 Å². The second-order valence-corrected chi connectivity index (χ2v) is 5.39. The van der Waals surface area contributed by atoms with Crippen molar-refractivity contribution in [1.29, 1.82) is 0 Å². The minimum Gasteiger partial charge on any atom is -0.618 e. The zero-order chi connectivity index (χ0) is 16.6. The van der Waals surface area contributed by atoms with Gasteiger partial charge < -0.3 is 19.4 Å². The fourth-order valence-electron chi connectivity index (χ4n) is 1.58. The molecule has 0 atom stereocenters. The first-order valence-corrected chi connectivity index (χ1v) is 7.45. The number of thioether (sulfide) groups is 1. The lowest BCUT2D eigenvalue weighted by atomic mass is 10.3. The average molecular weight is 341 g/mol. The van der Waals surface area contributed by atoms with Crippen molar-refractivity contribution in [3.63, 3.8) is 0 Å². The molecule has 1 aromatic rings. The summed E-state index contributed by atoms with van der Waals surface area (Å²) >= 11 is 1.44. The standard InChI is InChI=1S/C13H18F3NO4S/c1-10-12(19-2)11(3-4-17(10)18)22-8-7-20-5-6-21-9-13(14,15)16/h3-4H,5-9H2,1-2H3. The molecule has 0 radical (unpaired) electrons. The van der Waals surface area contributed by atoms with E-state index in [0.717, 1.165) is 9.63 Å². The van der Waals surface area contributed by atoms with Crippen LogP contribution in [0.2, 0.25) is 0 Å². The van der Waals surface area contributed by atoms with Gasteiger partial charge in [-0.15, -0.1) is 11.8 Å². The van der Waals surface area contributed by atoms with E-state index in [1.165, 1.54) is 25.1 Å². The molecular formula is C13H18F3NO4S. The number of nitrogens with zero attached hydrogens (tertiary/aromatic N) is 1. The number of aromatic nitrogens is 1. The van der Waals surface area contributed by atoms with E-state index < -0.39 is 12.8 Å². The molecule has 1 aromatic heterocycles. The summed E-state index contributed by atoms with van der Waals surface area (Å²) in [5.41, 5.74) is 0.467. The summed E-state index contributed by atoms with van der Waals surface area (Å²) in [6.45, 7) is 0.746. The molecule has 0 amide bonds. The van der Waals surface area contributed by atoms with Gasteiger partial charge in [0.1, 0.15) is 6.61 Å². The van der Waals surface area contributed by atoms with Gasteiger partial charge in [0, 0.05) is 18.7 Å². The topological polar surface area (TPSA) is 54.6 Å². The quantitative estimate of drug-likeness (QED) is 0.299. The second-order valence-electron chi connectivity index (χ2n) is 4.25. The monoisotopic (exact) mass is 341 g/mol. The van der Waals surface area contributed by atoms with Gasteiger partial charge in [0.25, 0.3) is 0 Å². The van der Waals surface area contributed by atoms with Crippen molar-refractivity contribution in [3.8, 4) is 5.75 Å². The highest BCUT2D eigenvalue weighted by molar-refractivity contribution is 7.99. The molecule has 9 heteroatoms. The minimum absolute atomic E-state index is 0.0994. The van der Waals surface area contributed by atoms with E-state index in [-0.39, 0.29) is 13.2 Å². The minimum atomic E-state index is -4.31. The number of rotatable bonds is 9. The number of ether oxygens (including phenoxy) is 3. The summed E-state index contributed by atoms with van der Waals surface area (Å²) in [5, 5.41) is 11.4. The molecule has 1 rings (SSSR count). The van der Waals surface area contributed by atoms with Gasteiger partial charge in [-0.05, 0) is 0 Å². The Balaban J connectivity index is 2.22. The maximum absolute atomic E-state index is 11.8. The number of hydrogen-bond donors (Lipinski definition) is 0. The van der Waals surface area contributed by atoms with Crippen LogP contribution in [0, 0.1) is 12.1 Å². The predicted molar refractivity (Wildman–Crippen MR) is 75.1 cm³/mol. The van der Waals surface area contributed by atoms with Crippen molar-refractivity contribution in [2.75, 3.05) is 39.3 Å².